The van der Waals surface area contributed by atoms with Gasteiger partial charge in [0.15, 0.2) is 0 Å². The molecule has 0 bridgehead atoms. The van der Waals surface area contributed by atoms with Gasteiger partial charge >= 0.3 is 6.18 Å². The van der Waals surface area contributed by atoms with Crippen molar-refractivity contribution in [2.45, 2.75) is 32.4 Å². The highest BCUT2D eigenvalue weighted by molar-refractivity contribution is 5.81. The fourth-order valence-corrected chi connectivity index (χ4v) is 4.81. The molecule has 1 aromatic rings. The van der Waals surface area contributed by atoms with E-state index in [-0.39, 0.29) is 17.7 Å². The predicted molar refractivity (Wildman–Crippen MR) is 109 cm³/mol. The summed E-state index contributed by atoms with van der Waals surface area (Å²) in [5.41, 5.74) is -1.44. The van der Waals surface area contributed by atoms with Crippen LogP contribution in [0, 0.1) is 22.7 Å². The summed E-state index contributed by atoms with van der Waals surface area (Å²) in [4.78, 5) is 30.2. The van der Waals surface area contributed by atoms with Crippen LogP contribution in [0.4, 0.5) is 18.9 Å². The number of benzene rings is 1. The number of hydrogen-bond acceptors (Lipinski definition) is 4. The highest BCUT2D eigenvalue weighted by Gasteiger charge is 2.52. The molecule has 0 N–H and O–H groups in total. The number of likely N-dealkylation sites (tertiary alicyclic amines) is 1. The maximum Gasteiger partial charge on any atom is 0.417 e. The van der Waals surface area contributed by atoms with Crippen LogP contribution in [0.5, 0.6) is 0 Å². The van der Waals surface area contributed by atoms with Gasteiger partial charge < -0.3 is 14.7 Å². The van der Waals surface area contributed by atoms with Crippen molar-refractivity contribution in [2.24, 2.45) is 11.3 Å². The molecule has 31 heavy (non-hydrogen) atoms. The summed E-state index contributed by atoms with van der Waals surface area (Å²) in [5.74, 6) is -0.351. The maximum absolute atomic E-state index is 13.4. The van der Waals surface area contributed by atoms with Crippen molar-refractivity contribution in [1.82, 2.24) is 9.80 Å². The van der Waals surface area contributed by atoms with Crippen molar-refractivity contribution in [1.29, 1.82) is 5.26 Å². The van der Waals surface area contributed by atoms with Gasteiger partial charge in [-0.05, 0) is 31.0 Å². The van der Waals surface area contributed by atoms with Crippen LogP contribution in [0.15, 0.2) is 18.2 Å². The fraction of sp³-hybridized carbons (Fsp3) is 0.591. The number of hydrogen-bond donors (Lipinski definition) is 0. The minimum absolute atomic E-state index is 0.0533. The van der Waals surface area contributed by atoms with Crippen LogP contribution in [-0.2, 0) is 15.8 Å². The van der Waals surface area contributed by atoms with Crippen molar-refractivity contribution < 1.29 is 22.8 Å². The van der Waals surface area contributed by atoms with Crippen molar-refractivity contribution in [2.75, 3.05) is 45.2 Å². The SMILES string of the molecule is CCC(=O)N1CCC2(CC1)CN(c1ccc(C#N)c(C(F)(F)F)c1)CC2C(=O)N(C)C. The number of amides is 2. The van der Waals surface area contributed by atoms with Crippen LogP contribution in [0.1, 0.15) is 37.3 Å². The summed E-state index contributed by atoms with van der Waals surface area (Å²) in [6.07, 6.45) is -2.96. The Labute approximate surface area is 180 Å². The Morgan fingerprint density at radius 1 is 1.26 bits per heavy atom. The zero-order valence-electron chi connectivity index (χ0n) is 18.0. The van der Waals surface area contributed by atoms with Crippen molar-refractivity contribution >= 4 is 17.5 Å². The Morgan fingerprint density at radius 2 is 1.90 bits per heavy atom. The van der Waals surface area contributed by atoms with E-state index in [2.05, 4.69) is 0 Å². The number of carbonyl (C=O) groups excluding carboxylic acids is 2. The summed E-state index contributed by atoms with van der Waals surface area (Å²) in [5, 5.41) is 9.06. The van der Waals surface area contributed by atoms with E-state index in [1.807, 2.05) is 11.8 Å². The minimum Gasteiger partial charge on any atom is -0.370 e. The molecule has 3 rings (SSSR count). The number of rotatable bonds is 3. The van der Waals surface area contributed by atoms with Crippen molar-refractivity contribution in [3.8, 4) is 6.07 Å². The van der Waals surface area contributed by atoms with Gasteiger partial charge in [0.1, 0.15) is 0 Å². The van der Waals surface area contributed by atoms with E-state index in [1.165, 1.54) is 17.0 Å². The van der Waals surface area contributed by atoms with Gasteiger partial charge in [0.2, 0.25) is 11.8 Å². The van der Waals surface area contributed by atoms with Gasteiger partial charge in [0.05, 0.1) is 23.1 Å². The van der Waals surface area contributed by atoms with Gasteiger partial charge in [-0.1, -0.05) is 6.92 Å². The van der Waals surface area contributed by atoms with E-state index in [0.717, 1.165) is 6.07 Å². The lowest BCUT2D eigenvalue weighted by atomic mass is 9.70. The lowest BCUT2D eigenvalue weighted by molar-refractivity contribution is -0.139. The molecule has 1 unspecified atom stereocenters. The quantitative estimate of drug-likeness (QED) is 0.730. The lowest BCUT2D eigenvalue weighted by Crippen LogP contribution is -2.49. The molecule has 0 saturated carbocycles. The van der Waals surface area contributed by atoms with Crippen LogP contribution in [-0.4, -0.2) is 61.9 Å². The van der Waals surface area contributed by atoms with Crippen molar-refractivity contribution in [3.05, 3.63) is 29.3 Å². The van der Waals surface area contributed by atoms with Crippen LogP contribution < -0.4 is 4.90 Å². The van der Waals surface area contributed by atoms with Gasteiger partial charge in [0, 0.05) is 57.8 Å². The molecule has 9 heteroatoms. The monoisotopic (exact) mass is 436 g/mol. The largest absolute Gasteiger partial charge is 0.417 e. The number of carbonyl (C=O) groups is 2. The van der Waals surface area contributed by atoms with Gasteiger partial charge in [-0.25, -0.2) is 0 Å². The Bertz CT molecular complexity index is 899. The summed E-state index contributed by atoms with van der Waals surface area (Å²) in [6, 6.07) is 5.31. The molecule has 0 aromatic heterocycles. The normalized spacial score (nSPS) is 20.6. The van der Waals surface area contributed by atoms with E-state index < -0.39 is 22.7 Å². The van der Waals surface area contributed by atoms with Gasteiger partial charge in [-0.3, -0.25) is 9.59 Å². The molecule has 0 radical (unpaired) electrons. The first kappa shape index (κ1) is 22.9. The molecule has 1 spiro atoms. The molecule has 2 amide bonds. The highest BCUT2D eigenvalue weighted by atomic mass is 19.4. The average Bonchev–Trinajstić information content (AvgIpc) is 3.10. The molecule has 2 fully saturated rings. The van der Waals surface area contributed by atoms with Crippen LogP contribution >= 0.6 is 0 Å². The number of halogens is 3. The molecule has 1 aromatic carbocycles. The number of piperidine rings is 1. The minimum atomic E-state index is -4.64. The smallest absolute Gasteiger partial charge is 0.370 e. The standard InChI is InChI=1S/C22H27F3N4O2/c1-4-19(30)28-9-7-21(8-10-28)14-29(13-18(21)20(31)27(2)3)16-6-5-15(12-26)17(11-16)22(23,24)25/h5-6,11,18H,4,7-10,13-14H2,1-3H3. The van der Waals surface area contributed by atoms with Gasteiger partial charge in [-0.15, -0.1) is 0 Å². The molecule has 2 aliphatic rings. The van der Waals surface area contributed by atoms with E-state index in [9.17, 15) is 22.8 Å². The number of anilines is 1. The first-order valence-electron chi connectivity index (χ1n) is 10.4. The maximum atomic E-state index is 13.4. The molecular formula is C22H27F3N4O2. The zero-order valence-corrected chi connectivity index (χ0v) is 18.0. The topological polar surface area (TPSA) is 67.6 Å². The molecule has 6 nitrogen and oxygen atoms in total. The Kier molecular flexibility index (Phi) is 6.21. The lowest BCUT2D eigenvalue weighted by Gasteiger charge is -2.42. The van der Waals surface area contributed by atoms with Crippen LogP contribution in [0.2, 0.25) is 0 Å². The predicted octanol–water partition coefficient (Wildman–Crippen LogP) is 3.12. The molecular weight excluding hydrogens is 409 g/mol. The van der Waals surface area contributed by atoms with Crippen LogP contribution in [0.3, 0.4) is 0 Å². The third-order valence-electron chi connectivity index (χ3n) is 6.60. The first-order chi connectivity index (χ1) is 14.5. The number of alkyl halides is 3. The first-order valence-corrected chi connectivity index (χ1v) is 10.4. The Hall–Kier alpha value is -2.76. The van der Waals surface area contributed by atoms with Crippen LogP contribution in [0.25, 0.3) is 0 Å². The third-order valence-corrected chi connectivity index (χ3v) is 6.60. The number of nitriles is 1. The fourth-order valence-electron chi connectivity index (χ4n) is 4.81. The summed E-state index contributed by atoms with van der Waals surface area (Å²) in [6.45, 7) is 3.64. The van der Waals surface area contributed by atoms with E-state index in [4.69, 9.17) is 5.26 Å². The second-order valence-electron chi connectivity index (χ2n) is 8.60. The Morgan fingerprint density at radius 3 is 2.42 bits per heavy atom. The average molecular weight is 436 g/mol. The van der Waals surface area contributed by atoms with Crippen molar-refractivity contribution in [3.63, 3.8) is 0 Å². The zero-order chi connectivity index (χ0) is 23.0. The summed E-state index contributed by atoms with van der Waals surface area (Å²) >= 11 is 0. The molecule has 2 heterocycles. The highest BCUT2D eigenvalue weighted by Crippen LogP contribution is 2.47. The van der Waals surface area contributed by atoms with Gasteiger partial charge in [0.25, 0.3) is 0 Å². The molecule has 1 atom stereocenters. The molecule has 2 aliphatic heterocycles. The second-order valence-corrected chi connectivity index (χ2v) is 8.60. The third kappa shape index (κ3) is 4.34. The summed E-state index contributed by atoms with van der Waals surface area (Å²) < 4.78 is 40.3. The summed E-state index contributed by atoms with van der Waals surface area (Å²) in [7, 11) is 3.36. The van der Waals surface area contributed by atoms with E-state index in [0.29, 0.717) is 51.1 Å². The second kappa shape index (κ2) is 8.40. The van der Waals surface area contributed by atoms with E-state index >= 15 is 0 Å². The molecule has 168 valence electrons. The number of nitrogens with zero attached hydrogens (tertiary/aromatic N) is 4. The Balaban J connectivity index is 1.92. The van der Waals surface area contributed by atoms with Gasteiger partial charge in [-0.2, -0.15) is 18.4 Å². The molecule has 2 saturated heterocycles. The molecule has 0 aliphatic carbocycles. The van der Waals surface area contributed by atoms with E-state index in [1.54, 1.807) is 25.1 Å².